The highest BCUT2D eigenvalue weighted by molar-refractivity contribution is 6.01. The van der Waals surface area contributed by atoms with Gasteiger partial charge in [-0.1, -0.05) is 13.8 Å². The predicted molar refractivity (Wildman–Crippen MR) is 65.9 cm³/mol. The number of nitrogens with zero attached hydrogens (tertiary/aromatic N) is 2. The summed E-state index contributed by atoms with van der Waals surface area (Å²) in [4.78, 5) is 15.6. The summed E-state index contributed by atoms with van der Waals surface area (Å²) in [5.74, 6) is -0.422. The smallest absolute Gasteiger partial charge is 0.359 e. The Bertz CT molecular complexity index is 505. The van der Waals surface area contributed by atoms with Crippen molar-refractivity contribution in [2.24, 2.45) is 0 Å². The average Bonchev–Trinajstić information content (AvgIpc) is 2.74. The van der Waals surface area contributed by atoms with E-state index in [1.165, 1.54) is 0 Å². The number of hydrogen-bond donors (Lipinski definition) is 1. The first-order chi connectivity index (χ1) is 8.22. The molecule has 0 fully saturated rings. The number of pyridine rings is 1. The molecule has 0 saturated carbocycles. The molecule has 5 nitrogen and oxygen atoms in total. The highest BCUT2D eigenvalue weighted by Gasteiger charge is 2.15. The molecule has 2 heterocycles. The molecule has 5 heteroatoms. The van der Waals surface area contributed by atoms with E-state index in [-0.39, 0.29) is 0 Å². The molecule has 2 aromatic rings. The van der Waals surface area contributed by atoms with Gasteiger partial charge in [-0.05, 0) is 19.9 Å². The summed E-state index contributed by atoms with van der Waals surface area (Å²) in [6, 6.07) is 1.84. The third-order valence-corrected chi connectivity index (χ3v) is 2.05. The van der Waals surface area contributed by atoms with Crippen LogP contribution in [0.3, 0.4) is 0 Å². The lowest BCUT2D eigenvalue weighted by atomic mass is 10.2. The Balaban J connectivity index is 0.000000686. The van der Waals surface area contributed by atoms with E-state index in [0.717, 1.165) is 11.2 Å². The number of carbonyl (C=O) groups excluding carboxylic acids is 1. The summed E-state index contributed by atoms with van der Waals surface area (Å²) in [5, 5.41) is 7.39. The molecule has 2 rings (SSSR count). The fraction of sp³-hybridized carbons (Fsp3) is 0.417. The predicted octanol–water partition coefficient (Wildman–Crippen LogP) is 2.47. The standard InChI is InChI=1S/C10H11N3O2.C2H6/c1-3-15-10(14)9-7-5-11-6(2)4-8(7)12-13-9;1-2/h4-5H,3H2,1-2H3,(H,12,13);1-2H3. The largest absolute Gasteiger partial charge is 0.461 e. The van der Waals surface area contributed by atoms with Crippen LogP contribution >= 0.6 is 0 Å². The number of esters is 1. The van der Waals surface area contributed by atoms with Crippen LogP contribution in [0.1, 0.15) is 37.0 Å². The molecule has 0 aliphatic rings. The molecule has 17 heavy (non-hydrogen) atoms. The molecule has 0 aromatic carbocycles. The second kappa shape index (κ2) is 5.98. The number of aromatic nitrogens is 3. The van der Waals surface area contributed by atoms with Gasteiger partial charge in [-0.3, -0.25) is 10.1 Å². The zero-order valence-corrected chi connectivity index (χ0v) is 10.6. The Hall–Kier alpha value is -1.91. The SMILES string of the molecule is CC.CCOC(=O)c1n[nH]c2cc(C)ncc12. The van der Waals surface area contributed by atoms with Crippen LogP contribution in [0.5, 0.6) is 0 Å². The van der Waals surface area contributed by atoms with Gasteiger partial charge in [-0.2, -0.15) is 5.10 Å². The molecule has 2 aromatic heterocycles. The van der Waals surface area contributed by atoms with Gasteiger partial charge >= 0.3 is 5.97 Å². The Morgan fingerprint density at radius 1 is 1.47 bits per heavy atom. The fourth-order valence-corrected chi connectivity index (χ4v) is 1.37. The summed E-state index contributed by atoms with van der Waals surface area (Å²) in [7, 11) is 0. The molecule has 0 radical (unpaired) electrons. The molecule has 0 aliphatic heterocycles. The number of aromatic amines is 1. The Kier molecular flexibility index (Phi) is 4.63. The van der Waals surface area contributed by atoms with E-state index in [1.54, 1.807) is 13.1 Å². The Labute approximate surface area is 100 Å². The number of fused-ring (bicyclic) bond motifs is 1. The molecule has 0 atom stereocenters. The highest BCUT2D eigenvalue weighted by atomic mass is 16.5. The van der Waals surface area contributed by atoms with Gasteiger partial charge in [-0.15, -0.1) is 0 Å². The maximum absolute atomic E-state index is 11.5. The maximum Gasteiger partial charge on any atom is 0.359 e. The van der Waals surface area contributed by atoms with Crippen LogP contribution in [-0.2, 0) is 4.74 Å². The van der Waals surface area contributed by atoms with E-state index in [4.69, 9.17) is 4.74 Å². The molecule has 0 spiro atoms. The van der Waals surface area contributed by atoms with Gasteiger partial charge in [0, 0.05) is 11.9 Å². The fourth-order valence-electron chi connectivity index (χ4n) is 1.37. The van der Waals surface area contributed by atoms with E-state index in [1.807, 2.05) is 26.8 Å². The first-order valence-electron chi connectivity index (χ1n) is 5.70. The highest BCUT2D eigenvalue weighted by Crippen LogP contribution is 2.15. The van der Waals surface area contributed by atoms with Gasteiger partial charge in [0.1, 0.15) is 0 Å². The molecule has 92 valence electrons. The third kappa shape index (κ3) is 2.81. The number of carbonyl (C=O) groups is 1. The molecular formula is C12H17N3O2. The molecule has 0 aliphatic carbocycles. The molecule has 0 saturated heterocycles. The summed E-state index contributed by atoms with van der Waals surface area (Å²) in [6.07, 6.45) is 1.63. The third-order valence-electron chi connectivity index (χ3n) is 2.05. The van der Waals surface area contributed by atoms with Crippen molar-refractivity contribution in [2.45, 2.75) is 27.7 Å². The lowest BCUT2D eigenvalue weighted by molar-refractivity contribution is 0.0521. The van der Waals surface area contributed by atoms with Crippen molar-refractivity contribution in [3.05, 3.63) is 23.7 Å². The van der Waals surface area contributed by atoms with E-state index < -0.39 is 5.97 Å². The first kappa shape index (κ1) is 13.2. The monoisotopic (exact) mass is 235 g/mol. The number of rotatable bonds is 2. The number of hydrogen-bond acceptors (Lipinski definition) is 4. The van der Waals surface area contributed by atoms with E-state index in [2.05, 4.69) is 15.2 Å². The maximum atomic E-state index is 11.5. The summed E-state index contributed by atoms with van der Waals surface area (Å²) in [5.41, 5.74) is 1.96. The first-order valence-corrected chi connectivity index (χ1v) is 5.70. The summed E-state index contributed by atoms with van der Waals surface area (Å²) in [6.45, 7) is 7.98. The van der Waals surface area contributed by atoms with Crippen LogP contribution in [0.25, 0.3) is 10.9 Å². The van der Waals surface area contributed by atoms with E-state index in [0.29, 0.717) is 17.7 Å². The molecule has 0 unspecified atom stereocenters. The van der Waals surface area contributed by atoms with Gasteiger partial charge in [-0.25, -0.2) is 4.79 Å². The van der Waals surface area contributed by atoms with Crippen molar-refractivity contribution < 1.29 is 9.53 Å². The second-order valence-corrected chi connectivity index (χ2v) is 3.16. The van der Waals surface area contributed by atoms with Crippen LogP contribution in [0.15, 0.2) is 12.3 Å². The molecular weight excluding hydrogens is 218 g/mol. The minimum atomic E-state index is -0.422. The second-order valence-electron chi connectivity index (χ2n) is 3.16. The van der Waals surface area contributed by atoms with Crippen LogP contribution in [0, 0.1) is 6.92 Å². The van der Waals surface area contributed by atoms with Crippen LogP contribution < -0.4 is 0 Å². The van der Waals surface area contributed by atoms with E-state index in [9.17, 15) is 4.79 Å². The summed E-state index contributed by atoms with van der Waals surface area (Å²) < 4.78 is 4.88. The van der Waals surface area contributed by atoms with Gasteiger partial charge in [0.25, 0.3) is 0 Å². The number of nitrogens with one attached hydrogen (secondary N) is 1. The number of aryl methyl sites for hydroxylation is 1. The zero-order valence-electron chi connectivity index (χ0n) is 10.6. The quantitative estimate of drug-likeness (QED) is 0.812. The van der Waals surface area contributed by atoms with Gasteiger partial charge < -0.3 is 4.74 Å². The number of H-pyrrole nitrogens is 1. The lowest BCUT2D eigenvalue weighted by Crippen LogP contribution is -2.05. The minimum Gasteiger partial charge on any atom is -0.461 e. The van der Waals surface area contributed by atoms with Crippen molar-refractivity contribution in [1.82, 2.24) is 15.2 Å². The van der Waals surface area contributed by atoms with Crippen molar-refractivity contribution in [2.75, 3.05) is 6.61 Å². The van der Waals surface area contributed by atoms with Crippen molar-refractivity contribution in [3.63, 3.8) is 0 Å². The average molecular weight is 235 g/mol. The van der Waals surface area contributed by atoms with Crippen molar-refractivity contribution >= 4 is 16.9 Å². The van der Waals surface area contributed by atoms with Gasteiger partial charge in [0.05, 0.1) is 17.5 Å². The van der Waals surface area contributed by atoms with Gasteiger partial charge in [0.2, 0.25) is 0 Å². The van der Waals surface area contributed by atoms with Crippen molar-refractivity contribution in [3.8, 4) is 0 Å². The normalized spacial score (nSPS) is 9.65. The van der Waals surface area contributed by atoms with Gasteiger partial charge in [0.15, 0.2) is 5.69 Å². The Morgan fingerprint density at radius 3 is 2.82 bits per heavy atom. The van der Waals surface area contributed by atoms with Crippen LogP contribution in [0.2, 0.25) is 0 Å². The molecule has 0 bridgehead atoms. The Morgan fingerprint density at radius 2 is 2.18 bits per heavy atom. The van der Waals surface area contributed by atoms with Crippen LogP contribution in [-0.4, -0.2) is 27.8 Å². The molecule has 0 amide bonds. The number of ether oxygens (including phenoxy) is 1. The van der Waals surface area contributed by atoms with E-state index >= 15 is 0 Å². The van der Waals surface area contributed by atoms with Crippen LogP contribution in [0.4, 0.5) is 0 Å². The lowest BCUT2D eigenvalue weighted by Gasteiger charge is -1.97. The minimum absolute atomic E-state index is 0.291. The topological polar surface area (TPSA) is 67.9 Å². The summed E-state index contributed by atoms with van der Waals surface area (Å²) >= 11 is 0. The molecule has 1 N–H and O–H groups in total. The zero-order chi connectivity index (χ0) is 12.8. The van der Waals surface area contributed by atoms with Crippen molar-refractivity contribution in [1.29, 1.82) is 0 Å².